The number of furan rings is 1. The summed E-state index contributed by atoms with van der Waals surface area (Å²) >= 11 is 0. The second kappa shape index (κ2) is 6.88. The van der Waals surface area contributed by atoms with Crippen molar-refractivity contribution in [2.24, 2.45) is 0 Å². The summed E-state index contributed by atoms with van der Waals surface area (Å²) in [5.74, 6) is 0.0980. The molecular weight excluding hydrogens is 348 g/mol. The zero-order valence-electron chi connectivity index (χ0n) is 14.9. The summed E-state index contributed by atoms with van der Waals surface area (Å²) in [6, 6.07) is 8.04. The number of amides is 3. The SMILES string of the molecule is C[NH2+]CC(=O)N[C@H]1C[C@H]2C(=O)Nc3ccc(-c4ccco4)cc3C(=O)N2C1. The summed E-state index contributed by atoms with van der Waals surface area (Å²) in [6.07, 6.45) is 1.98. The third-order valence-corrected chi connectivity index (χ3v) is 4.93. The maximum Gasteiger partial charge on any atom is 0.275 e. The van der Waals surface area contributed by atoms with Gasteiger partial charge < -0.3 is 25.3 Å². The van der Waals surface area contributed by atoms with E-state index in [4.69, 9.17) is 4.42 Å². The number of likely N-dealkylation sites (N-methyl/N-ethyl adjacent to an activating group) is 1. The fourth-order valence-corrected chi connectivity index (χ4v) is 3.68. The van der Waals surface area contributed by atoms with E-state index in [0.29, 0.717) is 36.5 Å². The normalized spacial score (nSPS) is 21.3. The van der Waals surface area contributed by atoms with Gasteiger partial charge in [-0.1, -0.05) is 0 Å². The zero-order chi connectivity index (χ0) is 19.0. The molecule has 4 N–H and O–H groups in total. The molecule has 0 aliphatic carbocycles. The monoisotopic (exact) mass is 369 g/mol. The molecule has 1 saturated heterocycles. The average molecular weight is 369 g/mol. The van der Waals surface area contributed by atoms with Crippen molar-refractivity contribution in [1.29, 1.82) is 0 Å². The highest BCUT2D eigenvalue weighted by atomic mass is 16.3. The lowest BCUT2D eigenvalue weighted by molar-refractivity contribution is -0.615. The van der Waals surface area contributed by atoms with E-state index in [-0.39, 0.29) is 23.8 Å². The summed E-state index contributed by atoms with van der Waals surface area (Å²) in [7, 11) is 1.81. The van der Waals surface area contributed by atoms with Crippen LogP contribution in [-0.4, -0.2) is 54.8 Å². The Balaban J connectivity index is 1.61. The molecule has 2 aliphatic heterocycles. The molecule has 1 aromatic carbocycles. The van der Waals surface area contributed by atoms with E-state index in [2.05, 4.69) is 10.6 Å². The number of carbonyl (C=O) groups excluding carboxylic acids is 3. The minimum Gasteiger partial charge on any atom is -0.464 e. The largest absolute Gasteiger partial charge is 0.464 e. The van der Waals surface area contributed by atoms with Crippen molar-refractivity contribution in [3.05, 3.63) is 42.2 Å². The van der Waals surface area contributed by atoms with Gasteiger partial charge in [-0.2, -0.15) is 0 Å². The van der Waals surface area contributed by atoms with Crippen LogP contribution in [-0.2, 0) is 9.59 Å². The molecule has 0 spiro atoms. The van der Waals surface area contributed by atoms with E-state index in [1.807, 2.05) is 19.2 Å². The lowest BCUT2D eigenvalue weighted by atomic mass is 10.1. The lowest BCUT2D eigenvalue weighted by Gasteiger charge is -2.20. The lowest BCUT2D eigenvalue weighted by Crippen LogP contribution is -2.82. The van der Waals surface area contributed by atoms with Crippen molar-refractivity contribution in [2.45, 2.75) is 18.5 Å². The highest BCUT2D eigenvalue weighted by Crippen LogP contribution is 2.32. The second-order valence-electron chi connectivity index (χ2n) is 6.81. The number of nitrogens with zero attached hydrogens (tertiary/aromatic N) is 1. The molecule has 0 unspecified atom stereocenters. The van der Waals surface area contributed by atoms with E-state index >= 15 is 0 Å². The smallest absolute Gasteiger partial charge is 0.275 e. The summed E-state index contributed by atoms with van der Waals surface area (Å²) in [5.41, 5.74) is 1.69. The molecule has 3 amide bonds. The van der Waals surface area contributed by atoms with Crippen LogP contribution in [0.25, 0.3) is 11.3 Å². The molecule has 2 aliphatic rings. The number of hydrogen-bond acceptors (Lipinski definition) is 4. The summed E-state index contributed by atoms with van der Waals surface area (Å²) in [6.45, 7) is 0.632. The first-order valence-electron chi connectivity index (χ1n) is 8.93. The Morgan fingerprint density at radius 1 is 1.37 bits per heavy atom. The zero-order valence-corrected chi connectivity index (χ0v) is 14.9. The molecule has 1 fully saturated rings. The van der Waals surface area contributed by atoms with E-state index < -0.39 is 6.04 Å². The quantitative estimate of drug-likeness (QED) is 0.693. The molecule has 0 bridgehead atoms. The Bertz CT molecular complexity index is 893. The molecule has 2 atom stereocenters. The van der Waals surface area contributed by atoms with Gasteiger partial charge in [0, 0.05) is 18.2 Å². The molecule has 0 saturated carbocycles. The molecule has 140 valence electrons. The van der Waals surface area contributed by atoms with E-state index in [1.54, 1.807) is 34.7 Å². The fourth-order valence-electron chi connectivity index (χ4n) is 3.68. The van der Waals surface area contributed by atoms with Crippen molar-refractivity contribution < 1.29 is 24.1 Å². The Labute approximate surface area is 155 Å². The minimum atomic E-state index is -0.590. The number of rotatable bonds is 4. The summed E-state index contributed by atoms with van der Waals surface area (Å²) < 4.78 is 5.41. The molecule has 27 heavy (non-hydrogen) atoms. The van der Waals surface area contributed by atoms with Gasteiger partial charge in [-0.3, -0.25) is 14.4 Å². The Kier molecular flexibility index (Phi) is 4.41. The third-order valence-electron chi connectivity index (χ3n) is 4.93. The highest BCUT2D eigenvalue weighted by Gasteiger charge is 2.43. The molecule has 8 heteroatoms. The number of anilines is 1. The molecule has 2 aromatic rings. The molecule has 8 nitrogen and oxygen atoms in total. The van der Waals surface area contributed by atoms with Gasteiger partial charge in [0.05, 0.1) is 24.6 Å². The van der Waals surface area contributed by atoms with E-state index in [9.17, 15) is 14.4 Å². The van der Waals surface area contributed by atoms with Gasteiger partial charge in [0.1, 0.15) is 11.8 Å². The van der Waals surface area contributed by atoms with Crippen molar-refractivity contribution in [1.82, 2.24) is 10.2 Å². The number of nitrogens with one attached hydrogen (secondary N) is 2. The number of nitrogens with two attached hydrogens (primary N) is 1. The van der Waals surface area contributed by atoms with Crippen LogP contribution < -0.4 is 16.0 Å². The van der Waals surface area contributed by atoms with Gasteiger partial charge in [-0.05, 0) is 36.8 Å². The van der Waals surface area contributed by atoms with Gasteiger partial charge in [-0.25, -0.2) is 0 Å². The average Bonchev–Trinajstić information content (AvgIpc) is 3.30. The van der Waals surface area contributed by atoms with Crippen molar-refractivity contribution >= 4 is 23.4 Å². The van der Waals surface area contributed by atoms with Gasteiger partial charge in [-0.15, -0.1) is 0 Å². The van der Waals surface area contributed by atoms with Gasteiger partial charge in [0.2, 0.25) is 5.91 Å². The van der Waals surface area contributed by atoms with Gasteiger partial charge in [0.15, 0.2) is 6.54 Å². The van der Waals surface area contributed by atoms with Crippen molar-refractivity contribution in [3.63, 3.8) is 0 Å². The first kappa shape index (κ1) is 17.3. The number of quaternary nitrogens is 1. The third kappa shape index (κ3) is 3.19. The summed E-state index contributed by atoms with van der Waals surface area (Å²) in [4.78, 5) is 39.2. The van der Waals surface area contributed by atoms with Crippen LogP contribution in [0.1, 0.15) is 16.8 Å². The summed E-state index contributed by atoms with van der Waals surface area (Å²) in [5, 5.41) is 7.51. The standard InChI is InChI=1S/C19H20N4O4/c1-20-9-17(24)21-12-8-15-18(25)22-14-5-4-11(16-3-2-6-27-16)7-13(14)19(26)23(15)10-12/h2-7,12,15,20H,8-10H2,1H3,(H,21,24)(H,22,25)/p+1/t12-,15-/m0/s1. The van der Waals surface area contributed by atoms with Crippen molar-refractivity contribution in [2.75, 3.05) is 25.5 Å². The van der Waals surface area contributed by atoms with Crippen LogP contribution in [0.4, 0.5) is 5.69 Å². The first-order valence-corrected chi connectivity index (χ1v) is 8.93. The van der Waals surface area contributed by atoms with E-state index in [1.165, 1.54) is 0 Å². The highest BCUT2D eigenvalue weighted by molar-refractivity contribution is 6.10. The van der Waals surface area contributed by atoms with Crippen molar-refractivity contribution in [3.8, 4) is 11.3 Å². The Morgan fingerprint density at radius 2 is 2.22 bits per heavy atom. The predicted octanol–water partition coefficient (Wildman–Crippen LogP) is -0.209. The molecule has 0 radical (unpaired) electrons. The van der Waals surface area contributed by atoms with Crippen LogP contribution in [0.2, 0.25) is 0 Å². The van der Waals surface area contributed by atoms with E-state index in [0.717, 1.165) is 5.56 Å². The maximum absolute atomic E-state index is 13.1. The minimum absolute atomic E-state index is 0.103. The van der Waals surface area contributed by atoms with Crippen LogP contribution >= 0.6 is 0 Å². The maximum atomic E-state index is 13.1. The topological polar surface area (TPSA) is 108 Å². The van der Waals surface area contributed by atoms with Crippen LogP contribution in [0.5, 0.6) is 0 Å². The first-order chi connectivity index (χ1) is 13.1. The predicted molar refractivity (Wildman–Crippen MR) is 96.9 cm³/mol. The number of fused-ring (bicyclic) bond motifs is 2. The molecule has 4 rings (SSSR count). The molecule has 1 aromatic heterocycles. The fraction of sp³-hybridized carbons (Fsp3) is 0.316. The van der Waals surface area contributed by atoms with Crippen LogP contribution in [0.15, 0.2) is 41.0 Å². The Hall–Kier alpha value is -3.13. The number of hydrogen-bond donors (Lipinski definition) is 3. The van der Waals surface area contributed by atoms with Crippen LogP contribution in [0, 0.1) is 0 Å². The Morgan fingerprint density at radius 3 is 2.96 bits per heavy atom. The van der Waals surface area contributed by atoms with Gasteiger partial charge >= 0.3 is 0 Å². The van der Waals surface area contributed by atoms with Gasteiger partial charge in [0.25, 0.3) is 11.8 Å². The second-order valence-corrected chi connectivity index (χ2v) is 6.81. The number of benzene rings is 1. The number of carbonyl (C=O) groups is 3. The molecule has 3 heterocycles. The van der Waals surface area contributed by atoms with Crippen LogP contribution in [0.3, 0.4) is 0 Å². The molecular formula is C19H21N4O4+.